The third kappa shape index (κ3) is 2.51. The number of nitrogens with one attached hydrogen (secondary N) is 1. The van der Waals surface area contributed by atoms with Crippen molar-refractivity contribution in [3.8, 4) is 0 Å². The second-order valence-corrected chi connectivity index (χ2v) is 4.57. The minimum Gasteiger partial charge on any atom is -0.392 e. The van der Waals surface area contributed by atoms with Gasteiger partial charge in [0.1, 0.15) is 0 Å². The Kier molecular flexibility index (Phi) is 3.27. The van der Waals surface area contributed by atoms with Crippen molar-refractivity contribution in [3.63, 3.8) is 0 Å². The molecule has 2 nitrogen and oxygen atoms in total. The van der Waals surface area contributed by atoms with Crippen molar-refractivity contribution < 1.29 is 5.11 Å². The molecule has 1 aliphatic carbocycles. The van der Waals surface area contributed by atoms with Gasteiger partial charge in [-0.1, -0.05) is 25.1 Å². The van der Waals surface area contributed by atoms with E-state index in [1.807, 2.05) is 18.2 Å². The van der Waals surface area contributed by atoms with Crippen LogP contribution >= 0.6 is 0 Å². The topological polar surface area (TPSA) is 32.3 Å². The Labute approximate surface area is 91.3 Å². The molecule has 2 atom stereocenters. The third-order valence-electron chi connectivity index (χ3n) is 3.24. The van der Waals surface area contributed by atoms with Crippen LogP contribution in [-0.2, 0) is 6.61 Å². The van der Waals surface area contributed by atoms with E-state index in [1.54, 1.807) is 0 Å². The second-order valence-electron chi connectivity index (χ2n) is 4.57. The van der Waals surface area contributed by atoms with Crippen molar-refractivity contribution in [2.75, 3.05) is 5.32 Å². The Morgan fingerprint density at radius 2 is 2.13 bits per heavy atom. The fourth-order valence-electron chi connectivity index (χ4n) is 2.36. The monoisotopic (exact) mass is 205 g/mol. The van der Waals surface area contributed by atoms with Crippen LogP contribution in [0.3, 0.4) is 0 Å². The van der Waals surface area contributed by atoms with Crippen LogP contribution in [0.4, 0.5) is 5.69 Å². The number of benzene rings is 1. The summed E-state index contributed by atoms with van der Waals surface area (Å²) in [5, 5.41) is 12.7. The van der Waals surface area contributed by atoms with Crippen LogP contribution in [0.5, 0.6) is 0 Å². The van der Waals surface area contributed by atoms with E-state index in [0.29, 0.717) is 6.04 Å². The fraction of sp³-hybridized carbons (Fsp3) is 0.538. The SMILES string of the molecule is C[C@@H]1CC[C@H](Nc2ccccc2CO)C1. The zero-order valence-corrected chi connectivity index (χ0v) is 9.24. The summed E-state index contributed by atoms with van der Waals surface area (Å²) in [5.41, 5.74) is 2.09. The van der Waals surface area contributed by atoms with Gasteiger partial charge in [-0.25, -0.2) is 0 Å². The number of aliphatic hydroxyl groups is 1. The predicted molar refractivity (Wildman–Crippen MR) is 62.8 cm³/mol. The maximum atomic E-state index is 9.20. The summed E-state index contributed by atoms with van der Waals surface area (Å²) in [4.78, 5) is 0. The highest BCUT2D eigenvalue weighted by Gasteiger charge is 2.21. The summed E-state index contributed by atoms with van der Waals surface area (Å²) < 4.78 is 0. The van der Waals surface area contributed by atoms with Crippen LogP contribution in [-0.4, -0.2) is 11.1 Å². The highest BCUT2D eigenvalue weighted by molar-refractivity contribution is 5.51. The molecule has 0 saturated heterocycles. The minimum absolute atomic E-state index is 0.117. The summed E-state index contributed by atoms with van der Waals surface area (Å²) in [6.45, 7) is 2.42. The summed E-state index contributed by atoms with van der Waals surface area (Å²) in [7, 11) is 0. The standard InChI is InChI=1S/C13H19NO/c1-10-6-7-12(8-10)14-13-5-3-2-4-11(13)9-15/h2-5,10,12,14-15H,6-9H2,1H3/t10-,12+/m1/s1. The smallest absolute Gasteiger partial charge is 0.0701 e. The molecule has 0 radical (unpaired) electrons. The number of para-hydroxylation sites is 1. The largest absolute Gasteiger partial charge is 0.392 e. The molecule has 0 aromatic heterocycles. The van der Waals surface area contributed by atoms with E-state index in [-0.39, 0.29) is 6.61 Å². The van der Waals surface area contributed by atoms with Gasteiger partial charge in [-0.15, -0.1) is 0 Å². The molecule has 0 bridgehead atoms. The minimum atomic E-state index is 0.117. The Bertz CT molecular complexity index is 324. The van der Waals surface area contributed by atoms with Crippen molar-refractivity contribution >= 4 is 5.69 Å². The molecule has 2 N–H and O–H groups in total. The van der Waals surface area contributed by atoms with Crippen molar-refractivity contribution in [2.45, 2.75) is 38.8 Å². The molecule has 1 fully saturated rings. The number of rotatable bonds is 3. The Morgan fingerprint density at radius 3 is 2.80 bits per heavy atom. The zero-order valence-electron chi connectivity index (χ0n) is 9.24. The molecule has 0 aliphatic heterocycles. The van der Waals surface area contributed by atoms with E-state index in [9.17, 15) is 5.11 Å². The molecule has 0 unspecified atom stereocenters. The molecular weight excluding hydrogens is 186 g/mol. The van der Waals surface area contributed by atoms with E-state index in [2.05, 4.69) is 18.3 Å². The molecular formula is C13H19NO. The van der Waals surface area contributed by atoms with E-state index in [0.717, 1.165) is 17.2 Å². The molecule has 1 saturated carbocycles. The zero-order chi connectivity index (χ0) is 10.7. The highest BCUT2D eigenvalue weighted by Crippen LogP contribution is 2.28. The molecule has 2 heteroatoms. The maximum Gasteiger partial charge on any atom is 0.0701 e. The van der Waals surface area contributed by atoms with Gasteiger partial charge in [-0.2, -0.15) is 0 Å². The van der Waals surface area contributed by atoms with Crippen LogP contribution in [0.25, 0.3) is 0 Å². The molecule has 82 valence electrons. The number of aliphatic hydroxyl groups excluding tert-OH is 1. The summed E-state index contributed by atoms with van der Waals surface area (Å²) in [5.74, 6) is 0.837. The summed E-state index contributed by atoms with van der Waals surface area (Å²) in [6.07, 6.45) is 3.82. The van der Waals surface area contributed by atoms with Gasteiger partial charge in [-0.05, 0) is 31.2 Å². The highest BCUT2D eigenvalue weighted by atomic mass is 16.3. The third-order valence-corrected chi connectivity index (χ3v) is 3.24. The van der Waals surface area contributed by atoms with E-state index in [4.69, 9.17) is 0 Å². The van der Waals surface area contributed by atoms with Crippen molar-refractivity contribution in [3.05, 3.63) is 29.8 Å². The van der Waals surface area contributed by atoms with Crippen molar-refractivity contribution in [1.29, 1.82) is 0 Å². The quantitative estimate of drug-likeness (QED) is 0.795. The predicted octanol–water partition coefficient (Wildman–Crippen LogP) is 2.78. The van der Waals surface area contributed by atoms with Gasteiger partial charge in [0.2, 0.25) is 0 Å². The van der Waals surface area contributed by atoms with Crippen molar-refractivity contribution in [1.82, 2.24) is 0 Å². The van der Waals surface area contributed by atoms with Crippen molar-refractivity contribution in [2.24, 2.45) is 5.92 Å². The fourth-order valence-corrected chi connectivity index (χ4v) is 2.36. The van der Waals surface area contributed by atoms with Gasteiger partial charge in [0.25, 0.3) is 0 Å². The normalized spacial score (nSPS) is 25.5. The Balaban J connectivity index is 2.04. The average molecular weight is 205 g/mol. The lowest BCUT2D eigenvalue weighted by Crippen LogP contribution is -2.16. The molecule has 0 spiro atoms. The van der Waals surface area contributed by atoms with Gasteiger partial charge in [-0.3, -0.25) is 0 Å². The van der Waals surface area contributed by atoms with Crippen LogP contribution in [0.15, 0.2) is 24.3 Å². The van der Waals surface area contributed by atoms with E-state index in [1.165, 1.54) is 19.3 Å². The first-order chi connectivity index (χ1) is 7.29. The lowest BCUT2D eigenvalue weighted by Gasteiger charge is -2.16. The second kappa shape index (κ2) is 4.67. The Hall–Kier alpha value is -1.02. The van der Waals surface area contributed by atoms with Gasteiger partial charge in [0.05, 0.1) is 6.61 Å². The molecule has 15 heavy (non-hydrogen) atoms. The summed E-state index contributed by atoms with van der Waals surface area (Å²) >= 11 is 0. The van der Waals surface area contributed by atoms with Crippen LogP contribution in [0.2, 0.25) is 0 Å². The first kappa shape index (κ1) is 10.5. The molecule has 2 rings (SSSR count). The summed E-state index contributed by atoms with van der Waals surface area (Å²) in [6, 6.07) is 8.59. The molecule has 1 aromatic rings. The lowest BCUT2D eigenvalue weighted by atomic mass is 10.1. The molecule has 1 aromatic carbocycles. The number of anilines is 1. The molecule has 0 heterocycles. The van der Waals surface area contributed by atoms with E-state index < -0.39 is 0 Å². The van der Waals surface area contributed by atoms with Crippen LogP contribution in [0.1, 0.15) is 31.7 Å². The van der Waals surface area contributed by atoms with Crippen LogP contribution in [0, 0.1) is 5.92 Å². The first-order valence-electron chi connectivity index (χ1n) is 5.75. The average Bonchev–Trinajstić information content (AvgIpc) is 2.65. The number of hydrogen-bond donors (Lipinski definition) is 2. The van der Waals surface area contributed by atoms with Gasteiger partial charge in [0.15, 0.2) is 0 Å². The van der Waals surface area contributed by atoms with Crippen LogP contribution < -0.4 is 5.32 Å². The maximum absolute atomic E-state index is 9.20. The lowest BCUT2D eigenvalue weighted by molar-refractivity contribution is 0.282. The number of hydrogen-bond acceptors (Lipinski definition) is 2. The molecule has 1 aliphatic rings. The van der Waals surface area contributed by atoms with Gasteiger partial charge < -0.3 is 10.4 Å². The van der Waals surface area contributed by atoms with Gasteiger partial charge in [0, 0.05) is 17.3 Å². The first-order valence-corrected chi connectivity index (χ1v) is 5.75. The van der Waals surface area contributed by atoms with E-state index >= 15 is 0 Å². The van der Waals surface area contributed by atoms with Gasteiger partial charge >= 0.3 is 0 Å². The Morgan fingerprint density at radius 1 is 1.33 bits per heavy atom. The molecule has 0 amide bonds.